The SMILES string of the molecule is O=C(O)C1CCCC2OC21.O=C(O)C1CCCC2OC21.OCCO. The first-order valence-corrected chi connectivity index (χ1v) is 8.47. The van der Waals surface area contributed by atoms with E-state index in [9.17, 15) is 9.59 Å². The van der Waals surface area contributed by atoms with Crippen molar-refractivity contribution in [1.29, 1.82) is 0 Å². The maximum atomic E-state index is 10.5. The van der Waals surface area contributed by atoms with Gasteiger partial charge in [0, 0.05) is 0 Å². The molecule has 2 heterocycles. The van der Waals surface area contributed by atoms with Gasteiger partial charge in [-0.2, -0.15) is 0 Å². The van der Waals surface area contributed by atoms with Crippen LogP contribution in [0, 0.1) is 11.8 Å². The lowest BCUT2D eigenvalue weighted by Gasteiger charge is -2.12. The van der Waals surface area contributed by atoms with Crippen molar-refractivity contribution >= 4 is 11.9 Å². The van der Waals surface area contributed by atoms with Crippen LogP contribution in [-0.2, 0) is 19.1 Å². The van der Waals surface area contributed by atoms with Crippen molar-refractivity contribution in [2.75, 3.05) is 13.2 Å². The van der Waals surface area contributed by atoms with Gasteiger partial charge in [0.2, 0.25) is 0 Å². The Labute approximate surface area is 140 Å². The summed E-state index contributed by atoms with van der Waals surface area (Å²) in [5.74, 6) is -1.79. The molecule has 0 radical (unpaired) electrons. The van der Waals surface area contributed by atoms with Crippen LogP contribution >= 0.6 is 0 Å². The molecule has 6 unspecified atom stereocenters. The third-order valence-electron chi connectivity index (χ3n) is 4.78. The fraction of sp³-hybridized carbons (Fsp3) is 0.875. The normalized spacial score (nSPS) is 38.1. The van der Waals surface area contributed by atoms with Crippen molar-refractivity contribution < 1.29 is 39.5 Å². The van der Waals surface area contributed by atoms with E-state index in [1.165, 1.54) is 0 Å². The molecule has 2 saturated carbocycles. The Kier molecular flexibility index (Phi) is 6.97. The lowest BCUT2D eigenvalue weighted by atomic mass is 9.89. The highest BCUT2D eigenvalue weighted by molar-refractivity contribution is 5.71. The molecule has 0 spiro atoms. The average molecular weight is 346 g/mol. The van der Waals surface area contributed by atoms with E-state index in [0.29, 0.717) is 0 Å². The Bertz CT molecular complexity index is 400. The largest absolute Gasteiger partial charge is 0.481 e. The number of hydrogen-bond donors (Lipinski definition) is 4. The molecule has 2 aliphatic heterocycles. The first kappa shape index (κ1) is 19.1. The Morgan fingerprint density at radius 2 is 1.12 bits per heavy atom. The molecule has 0 bridgehead atoms. The summed E-state index contributed by atoms with van der Waals surface area (Å²) in [4.78, 5) is 21.0. The summed E-state index contributed by atoms with van der Waals surface area (Å²) in [5, 5.41) is 32.6. The zero-order valence-electron chi connectivity index (χ0n) is 13.5. The zero-order valence-corrected chi connectivity index (χ0v) is 13.5. The Balaban J connectivity index is 0.000000143. The van der Waals surface area contributed by atoms with Crippen LogP contribution in [0.2, 0.25) is 0 Å². The van der Waals surface area contributed by atoms with Gasteiger partial charge in [0.1, 0.15) is 0 Å². The van der Waals surface area contributed by atoms with Gasteiger partial charge in [0.05, 0.1) is 49.5 Å². The molecular weight excluding hydrogens is 320 g/mol. The molecule has 4 fully saturated rings. The molecule has 0 aromatic rings. The Hall–Kier alpha value is -1.22. The summed E-state index contributed by atoms with van der Waals surface area (Å²) < 4.78 is 10.3. The van der Waals surface area contributed by atoms with Gasteiger partial charge < -0.3 is 29.9 Å². The second-order valence-electron chi connectivity index (χ2n) is 6.48. The number of carboxylic acids is 2. The third-order valence-corrected chi connectivity index (χ3v) is 4.78. The summed E-state index contributed by atoms with van der Waals surface area (Å²) in [6, 6.07) is 0. The van der Waals surface area contributed by atoms with Crippen molar-refractivity contribution in [3.63, 3.8) is 0 Å². The van der Waals surface area contributed by atoms with Crippen LogP contribution in [0.25, 0.3) is 0 Å². The lowest BCUT2D eigenvalue weighted by Crippen LogP contribution is -2.24. The number of epoxide rings is 2. The Morgan fingerprint density at radius 3 is 1.38 bits per heavy atom. The topological polar surface area (TPSA) is 140 Å². The fourth-order valence-corrected chi connectivity index (χ4v) is 3.42. The number of aliphatic hydroxyl groups is 2. The maximum absolute atomic E-state index is 10.5. The molecule has 0 amide bonds. The number of rotatable bonds is 3. The number of hydrogen-bond acceptors (Lipinski definition) is 6. The van der Waals surface area contributed by atoms with Crippen LogP contribution in [0.15, 0.2) is 0 Å². The quantitative estimate of drug-likeness (QED) is 0.533. The lowest BCUT2D eigenvalue weighted by molar-refractivity contribution is -0.143. The molecule has 4 aliphatic rings. The molecule has 2 saturated heterocycles. The van der Waals surface area contributed by atoms with Crippen molar-refractivity contribution in [1.82, 2.24) is 0 Å². The van der Waals surface area contributed by atoms with E-state index in [1.54, 1.807) is 0 Å². The van der Waals surface area contributed by atoms with Gasteiger partial charge in [-0.3, -0.25) is 9.59 Å². The van der Waals surface area contributed by atoms with Crippen molar-refractivity contribution in [2.45, 2.75) is 62.9 Å². The average Bonchev–Trinajstić information content (AvgIpc) is 3.46. The molecule has 0 aromatic carbocycles. The summed E-state index contributed by atoms with van der Waals surface area (Å²) in [6.45, 7) is -0.250. The second-order valence-corrected chi connectivity index (χ2v) is 6.48. The first-order chi connectivity index (χ1) is 11.5. The number of aliphatic hydroxyl groups excluding tert-OH is 2. The molecule has 24 heavy (non-hydrogen) atoms. The van der Waals surface area contributed by atoms with Crippen LogP contribution < -0.4 is 0 Å². The van der Waals surface area contributed by atoms with Crippen LogP contribution in [0.1, 0.15) is 38.5 Å². The highest BCUT2D eigenvalue weighted by atomic mass is 16.6. The van der Waals surface area contributed by atoms with Crippen molar-refractivity contribution in [3.05, 3.63) is 0 Å². The minimum atomic E-state index is -0.688. The van der Waals surface area contributed by atoms with Crippen LogP contribution in [0.4, 0.5) is 0 Å². The van der Waals surface area contributed by atoms with Crippen LogP contribution in [0.3, 0.4) is 0 Å². The summed E-state index contributed by atoms with van der Waals surface area (Å²) in [5.41, 5.74) is 0. The van der Waals surface area contributed by atoms with E-state index in [1.807, 2.05) is 0 Å². The van der Waals surface area contributed by atoms with E-state index in [-0.39, 0.29) is 49.5 Å². The maximum Gasteiger partial charge on any atom is 0.309 e. The van der Waals surface area contributed by atoms with E-state index in [0.717, 1.165) is 38.5 Å². The van der Waals surface area contributed by atoms with Crippen molar-refractivity contribution in [3.8, 4) is 0 Å². The number of carbonyl (C=O) groups is 2. The van der Waals surface area contributed by atoms with E-state index in [4.69, 9.17) is 29.9 Å². The van der Waals surface area contributed by atoms with Gasteiger partial charge in [-0.15, -0.1) is 0 Å². The predicted molar refractivity (Wildman–Crippen MR) is 81.4 cm³/mol. The minimum absolute atomic E-state index is 0.0613. The van der Waals surface area contributed by atoms with Crippen LogP contribution in [-0.4, -0.2) is 70.0 Å². The molecule has 2 aliphatic carbocycles. The van der Waals surface area contributed by atoms with Gasteiger partial charge >= 0.3 is 11.9 Å². The standard InChI is InChI=1S/2C7H10O3.C2H6O2/c2*8-7(9)4-2-1-3-5-6(4)10-5;3-1-2-4/h2*4-6H,1-3H2,(H,8,9);3-4H,1-2H2. The molecule has 0 aromatic heterocycles. The first-order valence-electron chi connectivity index (χ1n) is 8.47. The van der Waals surface area contributed by atoms with E-state index in [2.05, 4.69) is 0 Å². The molecule has 138 valence electrons. The highest BCUT2D eigenvalue weighted by Crippen LogP contribution is 2.41. The zero-order chi connectivity index (χ0) is 17.7. The number of carboxylic acid groups (broad SMARTS) is 2. The predicted octanol–water partition coefficient (Wildman–Crippen LogP) is 0.248. The molecule has 8 heteroatoms. The molecular formula is C16H26O8. The molecule has 6 atom stereocenters. The number of fused-ring (bicyclic) bond motifs is 2. The van der Waals surface area contributed by atoms with E-state index < -0.39 is 11.9 Å². The molecule has 8 nitrogen and oxygen atoms in total. The van der Waals surface area contributed by atoms with Crippen molar-refractivity contribution in [2.24, 2.45) is 11.8 Å². The minimum Gasteiger partial charge on any atom is -0.481 e. The monoisotopic (exact) mass is 346 g/mol. The van der Waals surface area contributed by atoms with Gasteiger partial charge in [-0.1, -0.05) is 0 Å². The summed E-state index contributed by atoms with van der Waals surface area (Å²) in [6.07, 6.45) is 6.45. The van der Waals surface area contributed by atoms with Gasteiger partial charge in [0.15, 0.2) is 0 Å². The third kappa shape index (κ3) is 5.14. The second kappa shape index (κ2) is 8.75. The van der Waals surface area contributed by atoms with Gasteiger partial charge in [-0.25, -0.2) is 0 Å². The van der Waals surface area contributed by atoms with E-state index >= 15 is 0 Å². The number of ether oxygens (including phenoxy) is 2. The van der Waals surface area contributed by atoms with Gasteiger partial charge in [-0.05, 0) is 38.5 Å². The fourth-order valence-electron chi connectivity index (χ4n) is 3.42. The molecule has 4 rings (SSSR count). The highest BCUT2D eigenvalue weighted by Gasteiger charge is 2.50. The molecule has 4 N–H and O–H groups in total. The van der Waals surface area contributed by atoms with Gasteiger partial charge in [0.25, 0.3) is 0 Å². The smallest absolute Gasteiger partial charge is 0.309 e. The van der Waals surface area contributed by atoms with Crippen LogP contribution in [0.5, 0.6) is 0 Å². The summed E-state index contributed by atoms with van der Waals surface area (Å²) in [7, 11) is 0. The summed E-state index contributed by atoms with van der Waals surface area (Å²) >= 11 is 0. The number of aliphatic carboxylic acids is 2. The Morgan fingerprint density at radius 1 is 0.750 bits per heavy atom.